The van der Waals surface area contributed by atoms with Crippen LogP contribution in [-0.4, -0.2) is 23.8 Å². The van der Waals surface area contributed by atoms with Gasteiger partial charge >= 0.3 is 5.97 Å². The molecule has 0 aliphatic rings. The average molecular weight is 343 g/mol. The number of aryl methyl sites for hydroxylation is 1. The van der Waals surface area contributed by atoms with Crippen molar-refractivity contribution in [3.05, 3.63) is 53.5 Å². The Morgan fingerprint density at radius 3 is 2.16 bits per heavy atom. The number of anilines is 1. The van der Waals surface area contributed by atoms with E-state index in [1.54, 1.807) is 51.1 Å². The number of benzene rings is 1. The highest BCUT2D eigenvalue weighted by Crippen LogP contribution is 2.15. The summed E-state index contributed by atoms with van der Waals surface area (Å²) in [5, 5.41) is 2.74. The summed E-state index contributed by atoms with van der Waals surface area (Å²) in [6, 6.07) is 9.59. The van der Waals surface area contributed by atoms with Crippen molar-refractivity contribution in [3.8, 4) is 0 Å². The van der Waals surface area contributed by atoms with Crippen LogP contribution in [-0.2, 0) is 9.53 Å². The van der Waals surface area contributed by atoms with Crippen molar-refractivity contribution in [3.63, 3.8) is 0 Å². The molecule has 1 heterocycles. The van der Waals surface area contributed by atoms with Gasteiger partial charge in [-0.1, -0.05) is 13.8 Å². The first-order chi connectivity index (χ1) is 11.8. The number of nitrogens with one attached hydrogen (secondary N) is 1. The number of carbonyl (C=O) groups is 3. The van der Waals surface area contributed by atoms with Gasteiger partial charge in [-0.2, -0.15) is 0 Å². The normalized spacial score (nSPS) is 11.9. The zero-order chi connectivity index (χ0) is 18.6. The number of furan rings is 1. The molecule has 1 N–H and O–H groups in total. The molecule has 1 aromatic heterocycles. The zero-order valence-corrected chi connectivity index (χ0v) is 14.7. The van der Waals surface area contributed by atoms with Gasteiger partial charge in [0.05, 0.1) is 0 Å². The van der Waals surface area contributed by atoms with Gasteiger partial charge in [-0.05, 0) is 50.2 Å². The number of carbonyl (C=O) groups excluding carboxylic acids is 3. The molecule has 6 nitrogen and oxygen atoms in total. The van der Waals surface area contributed by atoms with Gasteiger partial charge < -0.3 is 14.5 Å². The van der Waals surface area contributed by atoms with E-state index < -0.39 is 12.1 Å². The number of ether oxygens (including phenoxy) is 1. The smallest absolute Gasteiger partial charge is 0.374 e. The van der Waals surface area contributed by atoms with Gasteiger partial charge in [0.25, 0.3) is 0 Å². The molecule has 0 bridgehead atoms. The number of amides is 1. The number of Topliss-reactive ketones (excluding diaryl/α,β-unsaturated/α-hetero) is 1. The molecule has 0 radical (unpaired) electrons. The number of hydrogen-bond acceptors (Lipinski definition) is 5. The zero-order valence-electron chi connectivity index (χ0n) is 14.7. The molecule has 0 saturated carbocycles. The summed E-state index contributed by atoms with van der Waals surface area (Å²) in [6.07, 6.45) is -0.950. The van der Waals surface area contributed by atoms with Crippen LogP contribution in [0.15, 0.2) is 40.8 Å². The van der Waals surface area contributed by atoms with E-state index in [1.165, 1.54) is 13.0 Å². The Balaban J connectivity index is 1.99. The van der Waals surface area contributed by atoms with Crippen LogP contribution in [0.4, 0.5) is 5.69 Å². The third-order valence-electron chi connectivity index (χ3n) is 3.56. The maximum atomic E-state index is 12.4. The average Bonchev–Trinajstić information content (AvgIpc) is 3.01. The largest absolute Gasteiger partial charge is 0.454 e. The van der Waals surface area contributed by atoms with Gasteiger partial charge in [0.2, 0.25) is 17.5 Å². The van der Waals surface area contributed by atoms with Gasteiger partial charge in [0, 0.05) is 17.2 Å². The minimum atomic E-state index is -0.950. The molecule has 0 spiro atoms. The minimum Gasteiger partial charge on any atom is -0.454 e. The van der Waals surface area contributed by atoms with Crippen molar-refractivity contribution in [2.45, 2.75) is 33.8 Å². The van der Waals surface area contributed by atoms with Crippen molar-refractivity contribution in [2.75, 3.05) is 5.32 Å². The van der Waals surface area contributed by atoms with Gasteiger partial charge in [-0.3, -0.25) is 9.59 Å². The van der Waals surface area contributed by atoms with E-state index in [2.05, 4.69) is 5.32 Å². The second-order valence-electron chi connectivity index (χ2n) is 6.04. The van der Waals surface area contributed by atoms with Crippen molar-refractivity contribution in [1.29, 1.82) is 0 Å². The van der Waals surface area contributed by atoms with E-state index in [0.717, 1.165) is 0 Å². The molecule has 6 heteroatoms. The Hall–Kier alpha value is -2.89. The standard InChI is InChI=1S/C19H21NO5/c1-11(2)18(22)20-15-8-6-14(7-9-15)17(21)13(4)25-19(23)16-10-5-12(3)24-16/h5-11,13H,1-4H3,(H,20,22)/t13-/m0/s1. The van der Waals surface area contributed by atoms with Crippen molar-refractivity contribution in [1.82, 2.24) is 0 Å². The molecular formula is C19H21NO5. The molecule has 0 saturated heterocycles. The van der Waals surface area contributed by atoms with Crippen LogP contribution in [0.1, 0.15) is 47.4 Å². The van der Waals surface area contributed by atoms with Crippen LogP contribution in [0.3, 0.4) is 0 Å². The fraction of sp³-hybridized carbons (Fsp3) is 0.316. The molecule has 1 atom stereocenters. The van der Waals surface area contributed by atoms with E-state index in [0.29, 0.717) is 17.0 Å². The van der Waals surface area contributed by atoms with E-state index in [9.17, 15) is 14.4 Å². The number of rotatable bonds is 6. The van der Waals surface area contributed by atoms with Gasteiger partial charge in [0.1, 0.15) is 5.76 Å². The first-order valence-electron chi connectivity index (χ1n) is 8.00. The number of hydrogen-bond donors (Lipinski definition) is 1. The third-order valence-corrected chi connectivity index (χ3v) is 3.56. The monoisotopic (exact) mass is 343 g/mol. The lowest BCUT2D eigenvalue weighted by molar-refractivity contribution is -0.118. The summed E-state index contributed by atoms with van der Waals surface area (Å²) in [5.74, 6) is -0.608. The highest BCUT2D eigenvalue weighted by Gasteiger charge is 2.22. The second-order valence-corrected chi connectivity index (χ2v) is 6.04. The van der Waals surface area contributed by atoms with Gasteiger partial charge in [0.15, 0.2) is 6.10 Å². The van der Waals surface area contributed by atoms with Crippen LogP contribution in [0.2, 0.25) is 0 Å². The minimum absolute atomic E-state index is 0.0592. The lowest BCUT2D eigenvalue weighted by Crippen LogP contribution is -2.24. The summed E-state index contributed by atoms with van der Waals surface area (Å²) < 4.78 is 10.3. The van der Waals surface area contributed by atoms with Crippen LogP contribution < -0.4 is 5.32 Å². The maximum Gasteiger partial charge on any atom is 0.374 e. The lowest BCUT2D eigenvalue weighted by Gasteiger charge is -2.12. The fourth-order valence-electron chi connectivity index (χ4n) is 2.06. The predicted octanol–water partition coefficient (Wildman–Crippen LogP) is 3.61. The van der Waals surface area contributed by atoms with E-state index >= 15 is 0 Å². The van der Waals surface area contributed by atoms with Crippen LogP contribution in [0.25, 0.3) is 0 Å². The Labute approximate surface area is 146 Å². The highest BCUT2D eigenvalue weighted by molar-refractivity contribution is 6.01. The molecule has 0 aliphatic carbocycles. The number of ketones is 1. The topological polar surface area (TPSA) is 85.6 Å². The summed E-state index contributed by atoms with van der Waals surface area (Å²) in [5.41, 5.74) is 0.990. The molecule has 2 aromatic rings. The highest BCUT2D eigenvalue weighted by atomic mass is 16.6. The summed E-state index contributed by atoms with van der Waals surface area (Å²) >= 11 is 0. The summed E-state index contributed by atoms with van der Waals surface area (Å²) in [7, 11) is 0. The fourth-order valence-corrected chi connectivity index (χ4v) is 2.06. The molecule has 25 heavy (non-hydrogen) atoms. The van der Waals surface area contributed by atoms with Crippen LogP contribution >= 0.6 is 0 Å². The van der Waals surface area contributed by atoms with Crippen LogP contribution in [0.5, 0.6) is 0 Å². The van der Waals surface area contributed by atoms with Gasteiger partial charge in [-0.25, -0.2) is 4.79 Å². The first-order valence-corrected chi connectivity index (χ1v) is 8.00. The van der Waals surface area contributed by atoms with E-state index in [-0.39, 0.29) is 23.4 Å². The Bertz CT molecular complexity index is 773. The predicted molar refractivity (Wildman–Crippen MR) is 92.6 cm³/mol. The molecule has 1 aromatic carbocycles. The molecule has 0 unspecified atom stereocenters. The molecule has 1 amide bonds. The summed E-state index contributed by atoms with van der Waals surface area (Å²) in [6.45, 7) is 6.81. The SMILES string of the molecule is Cc1ccc(C(=O)O[C@@H](C)C(=O)c2ccc(NC(=O)C(C)C)cc2)o1. The summed E-state index contributed by atoms with van der Waals surface area (Å²) in [4.78, 5) is 35.9. The third kappa shape index (κ3) is 4.79. The Morgan fingerprint density at radius 1 is 1.00 bits per heavy atom. The maximum absolute atomic E-state index is 12.4. The Kier molecular flexibility index (Phi) is 5.75. The van der Waals surface area contributed by atoms with E-state index in [1.807, 2.05) is 0 Å². The molecule has 0 fully saturated rings. The van der Waals surface area contributed by atoms with Gasteiger partial charge in [-0.15, -0.1) is 0 Å². The first kappa shape index (κ1) is 18.4. The molecule has 0 aliphatic heterocycles. The number of esters is 1. The molecule has 2 rings (SSSR count). The lowest BCUT2D eigenvalue weighted by atomic mass is 10.1. The van der Waals surface area contributed by atoms with Crippen LogP contribution in [0, 0.1) is 12.8 Å². The van der Waals surface area contributed by atoms with Crippen molar-refractivity contribution < 1.29 is 23.5 Å². The second kappa shape index (κ2) is 7.79. The quantitative estimate of drug-likeness (QED) is 0.639. The van der Waals surface area contributed by atoms with Crippen molar-refractivity contribution >= 4 is 23.3 Å². The van der Waals surface area contributed by atoms with Crippen molar-refractivity contribution in [2.24, 2.45) is 5.92 Å². The molecular weight excluding hydrogens is 322 g/mol. The molecule has 132 valence electrons. The van der Waals surface area contributed by atoms with E-state index in [4.69, 9.17) is 9.15 Å². The Morgan fingerprint density at radius 2 is 1.64 bits per heavy atom.